The van der Waals surface area contributed by atoms with E-state index < -0.39 is 0 Å². The first-order valence-corrected chi connectivity index (χ1v) is 6.50. The number of hydrogen-bond donors (Lipinski definition) is 1. The normalized spacial score (nSPS) is 22.8. The first-order chi connectivity index (χ1) is 9.18. The third-order valence-corrected chi connectivity index (χ3v) is 3.83. The van der Waals surface area contributed by atoms with E-state index in [9.17, 15) is 4.79 Å². The van der Waals surface area contributed by atoms with Crippen LogP contribution in [-0.4, -0.2) is 46.8 Å². The number of carbonyl (C=O) groups is 1. The molecular formula is C14H17N3O2. The van der Waals surface area contributed by atoms with Gasteiger partial charge >= 0.3 is 0 Å². The summed E-state index contributed by atoms with van der Waals surface area (Å²) in [4.78, 5) is 14.3. The Morgan fingerprint density at radius 2 is 2.26 bits per heavy atom. The molecule has 100 valence electrons. The number of hydrogen-bond acceptors (Lipinski definition) is 3. The van der Waals surface area contributed by atoms with E-state index in [2.05, 4.69) is 10.2 Å². The second-order valence-electron chi connectivity index (χ2n) is 4.97. The lowest BCUT2D eigenvalue weighted by Gasteiger charge is -2.26. The van der Waals surface area contributed by atoms with Crippen molar-refractivity contribution in [2.45, 2.75) is 25.5 Å². The van der Waals surface area contributed by atoms with Crippen LogP contribution in [0.1, 0.15) is 23.8 Å². The van der Waals surface area contributed by atoms with E-state index in [0.717, 1.165) is 17.3 Å². The van der Waals surface area contributed by atoms with Crippen molar-refractivity contribution in [1.82, 2.24) is 15.1 Å². The van der Waals surface area contributed by atoms with Crippen LogP contribution in [0.3, 0.4) is 0 Å². The highest BCUT2D eigenvalue weighted by molar-refractivity contribution is 6.04. The Morgan fingerprint density at radius 1 is 1.47 bits per heavy atom. The molecule has 1 amide bonds. The van der Waals surface area contributed by atoms with Crippen LogP contribution >= 0.6 is 0 Å². The lowest BCUT2D eigenvalue weighted by atomic mass is 10.1. The van der Waals surface area contributed by atoms with Gasteiger partial charge in [-0.05, 0) is 19.4 Å². The number of amides is 1. The summed E-state index contributed by atoms with van der Waals surface area (Å²) in [7, 11) is 1.82. The van der Waals surface area contributed by atoms with E-state index in [4.69, 9.17) is 4.74 Å². The van der Waals surface area contributed by atoms with Crippen molar-refractivity contribution in [3.63, 3.8) is 0 Å². The average Bonchev–Trinajstić information content (AvgIpc) is 3.03. The topological polar surface area (TPSA) is 58.2 Å². The largest absolute Gasteiger partial charge is 0.376 e. The minimum Gasteiger partial charge on any atom is -0.376 e. The SMILES string of the molecule is CC1OCCC1N(C)C(=O)c1n[nH]c2ccccc12. The highest BCUT2D eigenvalue weighted by Crippen LogP contribution is 2.22. The van der Waals surface area contributed by atoms with Crippen molar-refractivity contribution in [3.8, 4) is 0 Å². The fraction of sp³-hybridized carbons (Fsp3) is 0.429. The summed E-state index contributed by atoms with van der Waals surface area (Å²) in [5.41, 5.74) is 1.37. The van der Waals surface area contributed by atoms with Crippen LogP contribution in [-0.2, 0) is 4.74 Å². The Morgan fingerprint density at radius 3 is 3.00 bits per heavy atom. The van der Waals surface area contributed by atoms with E-state index in [1.54, 1.807) is 4.90 Å². The molecule has 1 aliphatic rings. The molecule has 0 aliphatic carbocycles. The molecule has 1 aromatic carbocycles. The maximum Gasteiger partial charge on any atom is 0.275 e. The molecule has 1 aliphatic heterocycles. The zero-order valence-corrected chi connectivity index (χ0v) is 11.1. The smallest absolute Gasteiger partial charge is 0.275 e. The molecule has 0 radical (unpaired) electrons. The monoisotopic (exact) mass is 259 g/mol. The fourth-order valence-corrected chi connectivity index (χ4v) is 2.67. The third-order valence-electron chi connectivity index (χ3n) is 3.83. The second-order valence-corrected chi connectivity index (χ2v) is 4.97. The predicted octanol–water partition coefficient (Wildman–Crippen LogP) is 1.81. The summed E-state index contributed by atoms with van der Waals surface area (Å²) in [5, 5.41) is 7.92. The van der Waals surface area contributed by atoms with Crippen LogP contribution in [0.2, 0.25) is 0 Å². The number of benzene rings is 1. The van der Waals surface area contributed by atoms with Crippen molar-refractivity contribution in [3.05, 3.63) is 30.0 Å². The summed E-state index contributed by atoms with van der Waals surface area (Å²) >= 11 is 0. The van der Waals surface area contributed by atoms with E-state index >= 15 is 0 Å². The third kappa shape index (κ3) is 2.00. The maximum absolute atomic E-state index is 12.5. The zero-order chi connectivity index (χ0) is 13.4. The van der Waals surface area contributed by atoms with Gasteiger partial charge in [-0.15, -0.1) is 0 Å². The molecule has 1 fully saturated rings. The molecule has 2 atom stereocenters. The number of nitrogens with zero attached hydrogens (tertiary/aromatic N) is 2. The summed E-state index contributed by atoms with van der Waals surface area (Å²) in [6, 6.07) is 7.79. The molecule has 3 rings (SSSR count). The van der Waals surface area contributed by atoms with Crippen molar-refractivity contribution >= 4 is 16.8 Å². The number of H-pyrrole nitrogens is 1. The average molecular weight is 259 g/mol. The number of rotatable bonds is 2. The summed E-state index contributed by atoms with van der Waals surface area (Å²) < 4.78 is 5.52. The Kier molecular flexibility index (Phi) is 2.98. The van der Waals surface area contributed by atoms with Crippen molar-refractivity contribution in [1.29, 1.82) is 0 Å². The number of nitrogens with one attached hydrogen (secondary N) is 1. The molecule has 1 saturated heterocycles. The first kappa shape index (κ1) is 12.2. The summed E-state index contributed by atoms with van der Waals surface area (Å²) in [5.74, 6) is -0.0557. The number of para-hydroxylation sites is 1. The standard InChI is InChI=1S/C14H17N3O2/c1-9-12(7-8-19-9)17(2)14(18)13-10-5-3-4-6-11(10)15-16-13/h3-6,9,12H,7-8H2,1-2H3,(H,15,16). The number of aromatic amines is 1. The van der Waals surface area contributed by atoms with Gasteiger partial charge in [-0.2, -0.15) is 5.10 Å². The van der Waals surface area contributed by atoms with Gasteiger partial charge < -0.3 is 9.64 Å². The summed E-state index contributed by atoms with van der Waals surface area (Å²) in [6.07, 6.45) is 0.963. The van der Waals surface area contributed by atoms with Gasteiger partial charge in [0.1, 0.15) is 0 Å². The van der Waals surface area contributed by atoms with Gasteiger partial charge in [0.25, 0.3) is 5.91 Å². The molecule has 5 nitrogen and oxygen atoms in total. The van der Waals surface area contributed by atoms with Crippen molar-refractivity contribution < 1.29 is 9.53 Å². The number of likely N-dealkylation sites (N-methyl/N-ethyl adjacent to an activating group) is 1. The predicted molar refractivity (Wildman–Crippen MR) is 72.0 cm³/mol. The quantitative estimate of drug-likeness (QED) is 0.894. The van der Waals surface area contributed by atoms with Crippen LogP contribution < -0.4 is 0 Å². The Hall–Kier alpha value is -1.88. The minimum absolute atomic E-state index is 0.0557. The van der Waals surface area contributed by atoms with Gasteiger partial charge in [0.2, 0.25) is 0 Å². The first-order valence-electron chi connectivity index (χ1n) is 6.50. The van der Waals surface area contributed by atoms with Gasteiger partial charge in [-0.3, -0.25) is 9.89 Å². The Labute approximate surface area is 111 Å². The molecule has 2 heterocycles. The van der Waals surface area contributed by atoms with Crippen molar-refractivity contribution in [2.24, 2.45) is 0 Å². The second kappa shape index (κ2) is 4.66. The highest BCUT2D eigenvalue weighted by atomic mass is 16.5. The molecular weight excluding hydrogens is 242 g/mol. The number of fused-ring (bicyclic) bond motifs is 1. The molecule has 2 aromatic rings. The van der Waals surface area contributed by atoms with E-state index in [-0.39, 0.29) is 18.1 Å². The lowest BCUT2D eigenvalue weighted by molar-refractivity contribution is 0.0571. The van der Waals surface area contributed by atoms with Crippen LogP contribution in [0.25, 0.3) is 10.9 Å². The summed E-state index contributed by atoms with van der Waals surface area (Å²) in [6.45, 7) is 2.72. The van der Waals surface area contributed by atoms with E-state index in [1.165, 1.54) is 0 Å². The van der Waals surface area contributed by atoms with E-state index in [0.29, 0.717) is 12.3 Å². The fourth-order valence-electron chi connectivity index (χ4n) is 2.67. The Bertz CT molecular complexity index is 608. The molecule has 0 saturated carbocycles. The number of ether oxygens (including phenoxy) is 1. The molecule has 2 unspecified atom stereocenters. The van der Waals surface area contributed by atoms with Crippen LogP contribution in [0.15, 0.2) is 24.3 Å². The minimum atomic E-state index is -0.0557. The van der Waals surface area contributed by atoms with Gasteiger partial charge in [0.05, 0.1) is 17.7 Å². The number of aromatic nitrogens is 2. The molecule has 5 heteroatoms. The molecule has 1 N–H and O–H groups in total. The van der Waals surface area contributed by atoms with Crippen molar-refractivity contribution in [2.75, 3.05) is 13.7 Å². The lowest BCUT2D eigenvalue weighted by Crippen LogP contribution is -2.41. The van der Waals surface area contributed by atoms with Crippen LogP contribution in [0.5, 0.6) is 0 Å². The van der Waals surface area contributed by atoms with Gasteiger partial charge in [0, 0.05) is 19.0 Å². The molecule has 0 bridgehead atoms. The molecule has 1 aromatic heterocycles. The molecule has 0 spiro atoms. The molecule has 19 heavy (non-hydrogen) atoms. The van der Waals surface area contributed by atoms with Crippen LogP contribution in [0, 0.1) is 0 Å². The highest BCUT2D eigenvalue weighted by Gasteiger charge is 2.32. The van der Waals surface area contributed by atoms with Gasteiger partial charge in [0.15, 0.2) is 5.69 Å². The maximum atomic E-state index is 12.5. The van der Waals surface area contributed by atoms with E-state index in [1.807, 2.05) is 38.2 Å². The zero-order valence-electron chi connectivity index (χ0n) is 11.1. The van der Waals surface area contributed by atoms with Gasteiger partial charge in [-0.1, -0.05) is 18.2 Å². The van der Waals surface area contributed by atoms with Crippen LogP contribution in [0.4, 0.5) is 0 Å². The Balaban J connectivity index is 1.91. The number of carbonyl (C=O) groups excluding carboxylic acids is 1. The van der Waals surface area contributed by atoms with Gasteiger partial charge in [-0.25, -0.2) is 0 Å².